The first-order chi connectivity index (χ1) is 8.72. The molecule has 0 aliphatic carbocycles. The van der Waals surface area contributed by atoms with Crippen LogP contribution in [0.25, 0.3) is 0 Å². The Morgan fingerprint density at radius 3 is 2.22 bits per heavy atom. The zero-order valence-electron chi connectivity index (χ0n) is 11.8. The van der Waals surface area contributed by atoms with E-state index in [0.29, 0.717) is 5.56 Å². The number of aryl methyl sites for hydroxylation is 2. The molecular formula is C16H24O2. The minimum Gasteiger partial charge on any atom is -0.465 e. The van der Waals surface area contributed by atoms with Crippen LogP contribution in [0.3, 0.4) is 0 Å². The Morgan fingerprint density at radius 1 is 1.06 bits per heavy atom. The zero-order chi connectivity index (χ0) is 13.4. The Hall–Kier alpha value is -1.31. The fourth-order valence-corrected chi connectivity index (χ4v) is 2.08. The van der Waals surface area contributed by atoms with Gasteiger partial charge in [0.2, 0.25) is 0 Å². The molecule has 0 heterocycles. The highest BCUT2D eigenvalue weighted by atomic mass is 16.5. The van der Waals surface area contributed by atoms with Crippen LogP contribution in [0.2, 0.25) is 0 Å². The third-order valence-corrected chi connectivity index (χ3v) is 3.23. The molecule has 2 heteroatoms. The van der Waals surface area contributed by atoms with E-state index in [-0.39, 0.29) is 5.97 Å². The number of esters is 1. The molecule has 18 heavy (non-hydrogen) atoms. The molecule has 0 fully saturated rings. The summed E-state index contributed by atoms with van der Waals surface area (Å²) in [6.45, 7) is 4.39. The Morgan fingerprint density at radius 2 is 1.67 bits per heavy atom. The highest BCUT2D eigenvalue weighted by Crippen LogP contribution is 2.18. The average Bonchev–Trinajstić information content (AvgIpc) is 2.42. The van der Waals surface area contributed by atoms with Crippen molar-refractivity contribution in [3.63, 3.8) is 0 Å². The second-order valence-electron chi connectivity index (χ2n) is 4.68. The lowest BCUT2D eigenvalue weighted by molar-refractivity contribution is 0.0600. The van der Waals surface area contributed by atoms with E-state index in [4.69, 9.17) is 4.74 Å². The summed E-state index contributed by atoms with van der Waals surface area (Å²) in [5, 5.41) is 0. The number of unbranched alkanes of at least 4 members (excludes halogenated alkanes) is 2. The molecule has 0 bridgehead atoms. The van der Waals surface area contributed by atoms with Crippen molar-refractivity contribution in [3.8, 4) is 0 Å². The van der Waals surface area contributed by atoms with Crippen LogP contribution < -0.4 is 0 Å². The number of benzene rings is 1. The van der Waals surface area contributed by atoms with Gasteiger partial charge in [-0.05, 0) is 48.9 Å². The molecule has 0 atom stereocenters. The predicted octanol–water partition coefficient (Wildman–Crippen LogP) is 4.16. The monoisotopic (exact) mass is 248 g/mol. The molecular weight excluding hydrogens is 224 g/mol. The van der Waals surface area contributed by atoms with Crippen molar-refractivity contribution in [3.05, 3.63) is 34.9 Å². The third kappa shape index (κ3) is 4.17. The average molecular weight is 248 g/mol. The van der Waals surface area contributed by atoms with Crippen LogP contribution in [0.15, 0.2) is 18.2 Å². The quantitative estimate of drug-likeness (QED) is 0.677. The summed E-state index contributed by atoms with van der Waals surface area (Å²) >= 11 is 0. The molecule has 0 unspecified atom stereocenters. The minimum absolute atomic E-state index is 0.241. The van der Waals surface area contributed by atoms with Crippen molar-refractivity contribution >= 4 is 5.97 Å². The molecule has 0 N–H and O–H groups in total. The van der Waals surface area contributed by atoms with Gasteiger partial charge in [0, 0.05) is 0 Å². The molecule has 0 saturated heterocycles. The Labute approximate surface area is 110 Å². The largest absolute Gasteiger partial charge is 0.465 e. The molecule has 0 spiro atoms. The van der Waals surface area contributed by atoms with Crippen LogP contribution in [0.4, 0.5) is 0 Å². The van der Waals surface area contributed by atoms with Gasteiger partial charge in [-0.1, -0.05) is 32.8 Å². The lowest BCUT2D eigenvalue weighted by atomic mass is 9.96. The van der Waals surface area contributed by atoms with E-state index in [2.05, 4.69) is 19.9 Å². The number of carbonyl (C=O) groups is 1. The first kappa shape index (κ1) is 14.7. The first-order valence-electron chi connectivity index (χ1n) is 6.93. The van der Waals surface area contributed by atoms with Gasteiger partial charge in [0.25, 0.3) is 0 Å². The maximum Gasteiger partial charge on any atom is 0.337 e. The normalized spacial score (nSPS) is 10.4. The Bertz CT molecular complexity index is 383. The fraction of sp³-hybridized carbons (Fsp3) is 0.562. The smallest absolute Gasteiger partial charge is 0.337 e. The predicted molar refractivity (Wildman–Crippen MR) is 75.0 cm³/mol. The van der Waals surface area contributed by atoms with Crippen LogP contribution in [-0.2, 0) is 17.6 Å². The molecule has 2 nitrogen and oxygen atoms in total. The molecule has 0 aliphatic heterocycles. The molecule has 1 aromatic rings. The number of carbonyl (C=O) groups excluding carboxylic acids is 1. The summed E-state index contributed by atoms with van der Waals surface area (Å²) in [4.78, 5) is 11.5. The molecule has 0 amide bonds. The van der Waals surface area contributed by atoms with Crippen molar-refractivity contribution in [2.75, 3.05) is 7.11 Å². The molecule has 100 valence electrons. The lowest BCUT2D eigenvalue weighted by Crippen LogP contribution is -2.04. The summed E-state index contributed by atoms with van der Waals surface area (Å²) in [5.41, 5.74) is 3.37. The first-order valence-corrected chi connectivity index (χ1v) is 6.93. The lowest BCUT2D eigenvalue weighted by Gasteiger charge is -2.10. The van der Waals surface area contributed by atoms with Gasteiger partial charge in [-0.2, -0.15) is 0 Å². The van der Waals surface area contributed by atoms with E-state index in [1.165, 1.54) is 43.9 Å². The Kier molecular flexibility index (Phi) is 6.48. The van der Waals surface area contributed by atoms with E-state index < -0.39 is 0 Å². The van der Waals surface area contributed by atoms with E-state index in [9.17, 15) is 4.79 Å². The van der Waals surface area contributed by atoms with E-state index in [0.717, 1.165) is 12.8 Å². The van der Waals surface area contributed by atoms with Crippen LogP contribution in [0, 0.1) is 0 Å². The van der Waals surface area contributed by atoms with Crippen LogP contribution in [0.5, 0.6) is 0 Å². The molecule has 0 aromatic heterocycles. The molecule has 1 aromatic carbocycles. The minimum atomic E-state index is -0.241. The van der Waals surface area contributed by atoms with Gasteiger partial charge >= 0.3 is 5.97 Å². The second-order valence-corrected chi connectivity index (χ2v) is 4.68. The summed E-state index contributed by atoms with van der Waals surface area (Å²) in [5.74, 6) is -0.241. The van der Waals surface area contributed by atoms with Crippen LogP contribution >= 0.6 is 0 Å². The van der Waals surface area contributed by atoms with Gasteiger partial charge in [-0.15, -0.1) is 0 Å². The third-order valence-electron chi connectivity index (χ3n) is 3.23. The van der Waals surface area contributed by atoms with Gasteiger partial charge in [0.1, 0.15) is 0 Å². The van der Waals surface area contributed by atoms with Gasteiger partial charge < -0.3 is 4.74 Å². The van der Waals surface area contributed by atoms with Gasteiger partial charge in [0.05, 0.1) is 12.7 Å². The topological polar surface area (TPSA) is 26.3 Å². The van der Waals surface area contributed by atoms with Gasteiger partial charge in [0.15, 0.2) is 0 Å². The maximum absolute atomic E-state index is 11.5. The number of rotatable bonds is 7. The standard InChI is InChI=1S/C16H24O2/c1-4-6-8-13-10-11-15(16(17)18-3)12-14(13)9-7-5-2/h10-12H,4-9H2,1-3H3. The highest BCUT2D eigenvalue weighted by molar-refractivity contribution is 5.89. The number of hydrogen-bond acceptors (Lipinski definition) is 2. The van der Waals surface area contributed by atoms with Crippen molar-refractivity contribution in [1.82, 2.24) is 0 Å². The number of hydrogen-bond donors (Lipinski definition) is 0. The molecule has 1 rings (SSSR count). The second kappa shape index (κ2) is 7.91. The van der Waals surface area contributed by atoms with E-state index in [1.54, 1.807) is 0 Å². The molecule has 0 saturated carbocycles. The van der Waals surface area contributed by atoms with Crippen LogP contribution in [0.1, 0.15) is 61.0 Å². The maximum atomic E-state index is 11.5. The van der Waals surface area contributed by atoms with Crippen molar-refractivity contribution in [2.24, 2.45) is 0 Å². The molecule has 0 aliphatic rings. The number of methoxy groups -OCH3 is 1. The fourth-order valence-electron chi connectivity index (χ4n) is 2.08. The Balaban J connectivity index is 2.92. The van der Waals surface area contributed by atoms with Crippen LogP contribution in [-0.4, -0.2) is 13.1 Å². The van der Waals surface area contributed by atoms with E-state index >= 15 is 0 Å². The highest BCUT2D eigenvalue weighted by Gasteiger charge is 2.09. The number of ether oxygens (including phenoxy) is 1. The summed E-state index contributed by atoms with van der Waals surface area (Å²) in [7, 11) is 1.43. The summed E-state index contributed by atoms with van der Waals surface area (Å²) in [6, 6.07) is 5.98. The molecule has 0 radical (unpaired) electrons. The van der Waals surface area contributed by atoms with Crippen molar-refractivity contribution < 1.29 is 9.53 Å². The van der Waals surface area contributed by atoms with Crippen molar-refractivity contribution in [1.29, 1.82) is 0 Å². The summed E-state index contributed by atoms with van der Waals surface area (Å²) < 4.78 is 4.78. The van der Waals surface area contributed by atoms with Gasteiger partial charge in [-0.3, -0.25) is 0 Å². The summed E-state index contributed by atoms with van der Waals surface area (Å²) in [6.07, 6.45) is 6.92. The zero-order valence-corrected chi connectivity index (χ0v) is 11.8. The van der Waals surface area contributed by atoms with Crippen molar-refractivity contribution in [2.45, 2.75) is 52.4 Å². The SMILES string of the molecule is CCCCc1ccc(C(=O)OC)cc1CCCC. The van der Waals surface area contributed by atoms with Gasteiger partial charge in [-0.25, -0.2) is 4.79 Å². The van der Waals surface area contributed by atoms with E-state index in [1.807, 2.05) is 12.1 Å².